The normalized spacial score (nSPS) is 33.9. The summed E-state index contributed by atoms with van der Waals surface area (Å²) in [5, 5.41) is 0. The summed E-state index contributed by atoms with van der Waals surface area (Å²) in [5.74, 6) is 1.64. The van der Waals surface area contributed by atoms with Crippen molar-refractivity contribution in [1.82, 2.24) is 0 Å². The number of halogens is 1. The van der Waals surface area contributed by atoms with Gasteiger partial charge in [-0.2, -0.15) is 0 Å². The maximum atomic E-state index is 13.6. The van der Waals surface area contributed by atoms with Gasteiger partial charge in [-0.15, -0.1) is 0 Å². The van der Waals surface area contributed by atoms with Gasteiger partial charge in [-0.3, -0.25) is 0 Å². The molecule has 1 saturated carbocycles. The van der Waals surface area contributed by atoms with Gasteiger partial charge in [-0.25, -0.2) is 4.39 Å². The van der Waals surface area contributed by atoms with Crippen LogP contribution in [-0.2, 0) is 0 Å². The molecule has 0 aromatic rings. The van der Waals surface area contributed by atoms with Crippen LogP contribution in [-0.4, -0.2) is 6.17 Å². The Bertz CT molecular complexity index is 482. The topological polar surface area (TPSA) is 0 Å². The smallest absolute Gasteiger partial charge is 0.101 e. The van der Waals surface area contributed by atoms with Crippen molar-refractivity contribution in [1.29, 1.82) is 0 Å². The first-order valence-electron chi connectivity index (χ1n) is 8.78. The highest BCUT2D eigenvalue weighted by Crippen LogP contribution is 2.42. The highest BCUT2D eigenvalue weighted by atomic mass is 19.1. The molecule has 0 aromatic carbocycles. The van der Waals surface area contributed by atoms with Gasteiger partial charge in [0.15, 0.2) is 0 Å². The first-order chi connectivity index (χ1) is 10.0. The lowest BCUT2D eigenvalue weighted by molar-refractivity contribution is 0.281. The molecule has 116 valence electrons. The van der Waals surface area contributed by atoms with E-state index in [0.717, 1.165) is 19.3 Å². The molecule has 4 atom stereocenters. The van der Waals surface area contributed by atoms with Crippen LogP contribution < -0.4 is 0 Å². The molecule has 0 saturated heterocycles. The van der Waals surface area contributed by atoms with E-state index in [1.54, 1.807) is 11.1 Å². The quantitative estimate of drug-likeness (QED) is 0.581. The lowest BCUT2D eigenvalue weighted by Gasteiger charge is -2.26. The SMILES string of the molecule is C=C(CC(C)C1CC(F)CC1C)C1=CC2=C(CCC2)CC1. The second-order valence-electron chi connectivity index (χ2n) is 7.65. The molecule has 0 radical (unpaired) electrons. The van der Waals surface area contributed by atoms with Gasteiger partial charge in [-0.05, 0) is 80.3 Å². The third-order valence-electron chi connectivity index (χ3n) is 6.06. The van der Waals surface area contributed by atoms with Crippen LogP contribution in [0.5, 0.6) is 0 Å². The van der Waals surface area contributed by atoms with Crippen LogP contribution in [0.4, 0.5) is 4.39 Å². The van der Waals surface area contributed by atoms with Crippen molar-refractivity contribution in [2.45, 2.75) is 71.4 Å². The van der Waals surface area contributed by atoms with E-state index in [0.29, 0.717) is 17.8 Å². The lowest BCUT2D eigenvalue weighted by Crippen LogP contribution is -2.15. The second kappa shape index (κ2) is 6.10. The van der Waals surface area contributed by atoms with Gasteiger partial charge >= 0.3 is 0 Å². The molecular formula is C20H29F. The maximum Gasteiger partial charge on any atom is 0.101 e. The molecule has 1 heteroatoms. The van der Waals surface area contributed by atoms with E-state index in [1.165, 1.54) is 43.3 Å². The fourth-order valence-corrected chi connectivity index (χ4v) is 4.80. The molecule has 1 fully saturated rings. The number of rotatable bonds is 4. The summed E-state index contributed by atoms with van der Waals surface area (Å²) >= 11 is 0. The summed E-state index contributed by atoms with van der Waals surface area (Å²) in [6, 6.07) is 0. The molecule has 0 nitrogen and oxygen atoms in total. The fraction of sp³-hybridized carbons (Fsp3) is 0.700. The second-order valence-corrected chi connectivity index (χ2v) is 7.65. The highest BCUT2D eigenvalue weighted by Gasteiger charge is 2.35. The Morgan fingerprint density at radius 1 is 1.29 bits per heavy atom. The zero-order chi connectivity index (χ0) is 15.0. The van der Waals surface area contributed by atoms with Crippen molar-refractivity contribution >= 4 is 0 Å². The molecule has 0 aliphatic heterocycles. The minimum absolute atomic E-state index is 0.535. The van der Waals surface area contributed by atoms with E-state index in [2.05, 4.69) is 26.5 Å². The molecule has 3 rings (SSSR count). The Labute approximate surface area is 129 Å². The average Bonchev–Trinajstić information content (AvgIpc) is 3.03. The van der Waals surface area contributed by atoms with Crippen LogP contribution in [0, 0.1) is 17.8 Å². The Balaban J connectivity index is 1.61. The van der Waals surface area contributed by atoms with E-state index >= 15 is 0 Å². The number of allylic oxidation sites excluding steroid dienone is 5. The van der Waals surface area contributed by atoms with Crippen LogP contribution in [0.25, 0.3) is 0 Å². The van der Waals surface area contributed by atoms with Gasteiger partial charge in [0.1, 0.15) is 6.17 Å². The summed E-state index contributed by atoms with van der Waals surface area (Å²) in [7, 11) is 0. The minimum Gasteiger partial charge on any atom is -0.247 e. The molecule has 3 aliphatic carbocycles. The first-order valence-corrected chi connectivity index (χ1v) is 8.78. The molecule has 0 N–H and O–H groups in total. The largest absolute Gasteiger partial charge is 0.247 e. The standard InChI is InChI=1S/C20H29F/c1-13(9-14(2)20-12-19(21)10-15(20)3)17-8-7-16-5-4-6-18(16)11-17/h11,14-15,19-20H,1,4-10,12H2,2-3H3. The minimum atomic E-state index is -0.569. The summed E-state index contributed by atoms with van der Waals surface area (Å²) in [6.07, 6.45) is 10.8. The van der Waals surface area contributed by atoms with Gasteiger partial charge in [0.2, 0.25) is 0 Å². The van der Waals surface area contributed by atoms with Crippen molar-refractivity contribution in [3.63, 3.8) is 0 Å². The summed E-state index contributed by atoms with van der Waals surface area (Å²) < 4.78 is 13.6. The van der Waals surface area contributed by atoms with Crippen molar-refractivity contribution in [3.8, 4) is 0 Å². The van der Waals surface area contributed by atoms with Gasteiger partial charge in [0.05, 0.1) is 0 Å². The number of alkyl halides is 1. The lowest BCUT2D eigenvalue weighted by atomic mass is 9.79. The van der Waals surface area contributed by atoms with Crippen molar-refractivity contribution < 1.29 is 4.39 Å². The van der Waals surface area contributed by atoms with Gasteiger partial charge in [0.25, 0.3) is 0 Å². The average molecular weight is 288 g/mol. The zero-order valence-corrected chi connectivity index (χ0v) is 13.6. The monoisotopic (exact) mass is 288 g/mol. The van der Waals surface area contributed by atoms with Crippen LogP contribution in [0.3, 0.4) is 0 Å². The Kier molecular flexibility index (Phi) is 4.38. The Morgan fingerprint density at radius 2 is 2.10 bits per heavy atom. The van der Waals surface area contributed by atoms with Gasteiger partial charge < -0.3 is 0 Å². The first kappa shape index (κ1) is 15.1. The molecule has 0 aromatic heterocycles. The van der Waals surface area contributed by atoms with Crippen LogP contribution in [0.2, 0.25) is 0 Å². The maximum absolute atomic E-state index is 13.6. The summed E-state index contributed by atoms with van der Waals surface area (Å²) in [6.45, 7) is 8.88. The molecule has 4 unspecified atom stereocenters. The third kappa shape index (κ3) is 3.17. The molecular weight excluding hydrogens is 259 g/mol. The van der Waals surface area contributed by atoms with E-state index in [1.807, 2.05) is 0 Å². The zero-order valence-electron chi connectivity index (χ0n) is 13.6. The Morgan fingerprint density at radius 3 is 2.81 bits per heavy atom. The molecule has 3 aliphatic rings. The predicted molar refractivity (Wildman–Crippen MR) is 87.9 cm³/mol. The van der Waals surface area contributed by atoms with E-state index in [9.17, 15) is 4.39 Å². The van der Waals surface area contributed by atoms with E-state index in [-0.39, 0.29) is 0 Å². The van der Waals surface area contributed by atoms with Gasteiger partial charge in [0, 0.05) is 0 Å². The van der Waals surface area contributed by atoms with E-state index < -0.39 is 6.17 Å². The van der Waals surface area contributed by atoms with Gasteiger partial charge in [-0.1, -0.05) is 37.6 Å². The highest BCUT2D eigenvalue weighted by molar-refractivity contribution is 5.43. The third-order valence-corrected chi connectivity index (χ3v) is 6.06. The number of hydrogen-bond acceptors (Lipinski definition) is 0. The molecule has 0 heterocycles. The van der Waals surface area contributed by atoms with E-state index in [4.69, 9.17) is 0 Å². The van der Waals surface area contributed by atoms with Crippen LogP contribution in [0.1, 0.15) is 65.2 Å². The van der Waals surface area contributed by atoms with Crippen molar-refractivity contribution in [3.05, 3.63) is 34.9 Å². The summed E-state index contributed by atoms with van der Waals surface area (Å²) in [5.41, 5.74) is 6.09. The summed E-state index contributed by atoms with van der Waals surface area (Å²) in [4.78, 5) is 0. The van der Waals surface area contributed by atoms with Crippen molar-refractivity contribution in [2.75, 3.05) is 0 Å². The van der Waals surface area contributed by atoms with Crippen molar-refractivity contribution in [2.24, 2.45) is 17.8 Å². The molecule has 0 amide bonds. The molecule has 0 bridgehead atoms. The Hall–Kier alpha value is -0.850. The fourth-order valence-electron chi connectivity index (χ4n) is 4.80. The van der Waals surface area contributed by atoms with Crippen LogP contribution >= 0.6 is 0 Å². The number of hydrogen-bond donors (Lipinski definition) is 0. The molecule has 21 heavy (non-hydrogen) atoms. The molecule has 0 spiro atoms. The van der Waals surface area contributed by atoms with Crippen LogP contribution in [0.15, 0.2) is 34.9 Å². The predicted octanol–water partition coefficient (Wildman–Crippen LogP) is 6.15.